The van der Waals surface area contributed by atoms with Crippen molar-refractivity contribution in [2.24, 2.45) is 0 Å². The van der Waals surface area contributed by atoms with Crippen molar-refractivity contribution >= 4 is 34.3 Å². The first-order chi connectivity index (χ1) is 17.0. The van der Waals surface area contributed by atoms with Gasteiger partial charge in [-0.05, 0) is 55.0 Å². The van der Waals surface area contributed by atoms with Gasteiger partial charge in [-0.2, -0.15) is 0 Å². The lowest BCUT2D eigenvalue weighted by Gasteiger charge is -2.31. The number of nitrogens with zero attached hydrogens (tertiary/aromatic N) is 3. The molecule has 0 saturated heterocycles. The Morgan fingerprint density at radius 3 is 2.51 bits per heavy atom. The Hall–Kier alpha value is -4.66. The second-order valence-electron chi connectivity index (χ2n) is 7.88. The van der Waals surface area contributed by atoms with Crippen LogP contribution in [0.3, 0.4) is 0 Å². The van der Waals surface area contributed by atoms with Crippen LogP contribution in [0.4, 0.5) is 11.6 Å². The summed E-state index contributed by atoms with van der Waals surface area (Å²) in [5, 5.41) is 15.3. The smallest absolute Gasteiger partial charge is 0.338 e. The van der Waals surface area contributed by atoms with Gasteiger partial charge in [0.25, 0.3) is 5.69 Å². The van der Waals surface area contributed by atoms with Gasteiger partial charge in [-0.15, -0.1) is 0 Å². The maximum atomic E-state index is 13.5. The Balaban J connectivity index is 1.85. The molecule has 5 rings (SSSR count). The fourth-order valence-corrected chi connectivity index (χ4v) is 4.43. The SMILES string of the molecule is CCOC(=O)C1=C(c2ccc(OC)cc2)Nc2nc3ccccc3n2C1c1ccccc1[N+](=O)[O-]. The molecule has 35 heavy (non-hydrogen) atoms. The van der Waals surface area contributed by atoms with E-state index in [9.17, 15) is 14.9 Å². The van der Waals surface area contributed by atoms with Crippen LogP contribution in [0, 0.1) is 10.1 Å². The number of benzene rings is 3. The number of methoxy groups -OCH3 is 1. The minimum absolute atomic E-state index is 0.0981. The highest BCUT2D eigenvalue weighted by atomic mass is 16.6. The molecule has 176 valence electrons. The highest BCUT2D eigenvalue weighted by Gasteiger charge is 2.39. The summed E-state index contributed by atoms with van der Waals surface area (Å²) in [5.74, 6) is 0.552. The molecular formula is C26H22N4O5. The van der Waals surface area contributed by atoms with Crippen LogP contribution in [-0.2, 0) is 9.53 Å². The van der Waals surface area contributed by atoms with Crippen molar-refractivity contribution < 1.29 is 19.2 Å². The molecule has 0 radical (unpaired) electrons. The highest BCUT2D eigenvalue weighted by Crippen LogP contribution is 2.44. The minimum Gasteiger partial charge on any atom is -0.497 e. The van der Waals surface area contributed by atoms with Gasteiger partial charge in [-0.1, -0.05) is 24.3 Å². The number of esters is 1. The molecule has 9 nitrogen and oxygen atoms in total. The first-order valence-electron chi connectivity index (χ1n) is 11.1. The summed E-state index contributed by atoms with van der Waals surface area (Å²) in [7, 11) is 1.57. The lowest BCUT2D eigenvalue weighted by molar-refractivity contribution is -0.385. The summed E-state index contributed by atoms with van der Waals surface area (Å²) >= 11 is 0. The van der Waals surface area contributed by atoms with Crippen molar-refractivity contribution in [1.29, 1.82) is 0 Å². The average molecular weight is 470 g/mol. The Morgan fingerprint density at radius 1 is 1.09 bits per heavy atom. The van der Waals surface area contributed by atoms with E-state index in [0.717, 1.165) is 5.52 Å². The summed E-state index contributed by atoms with van der Waals surface area (Å²) in [6, 6.07) is 20.2. The van der Waals surface area contributed by atoms with Crippen molar-refractivity contribution in [3.05, 3.63) is 99.6 Å². The van der Waals surface area contributed by atoms with Crippen LogP contribution in [0.1, 0.15) is 24.1 Å². The molecule has 1 unspecified atom stereocenters. The Kier molecular flexibility index (Phi) is 5.66. The molecule has 9 heteroatoms. The zero-order chi connectivity index (χ0) is 24.5. The van der Waals surface area contributed by atoms with E-state index in [4.69, 9.17) is 14.5 Å². The van der Waals surface area contributed by atoms with Crippen molar-refractivity contribution in [3.8, 4) is 5.75 Å². The van der Waals surface area contributed by atoms with Gasteiger partial charge < -0.3 is 14.8 Å². The Bertz CT molecular complexity index is 1470. The maximum absolute atomic E-state index is 13.5. The number of nitrogens with one attached hydrogen (secondary N) is 1. The van der Waals surface area contributed by atoms with Gasteiger partial charge in [-0.25, -0.2) is 9.78 Å². The van der Waals surface area contributed by atoms with Crippen LogP contribution in [0.2, 0.25) is 0 Å². The van der Waals surface area contributed by atoms with Gasteiger partial charge in [0.1, 0.15) is 11.8 Å². The number of anilines is 1. The molecule has 4 aromatic rings. The van der Waals surface area contributed by atoms with E-state index in [0.29, 0.717) is 34.0 Å². The number of nitro groups is 1. The van der Waals surface area contributed by atoms with E-state index < -0.39 is 16.9 Å². The fourth-order valence-electron chi connectivity index (χ4n) is 4.43. The fraction of sp³-hybridized carbons (Fsp3) is 0.154. The van der Waals surface area contributed by atoms with Gasteiger partial charge in [0.2, 0.25) is 5.95 Å². The van der Waals surface area contributed by atoms with Gasteiger partial charge in [0.15, 0.2) is 0 Å². The number of fused-ring (bicyclic) bond motifs is 3. The normalized spacial score (nSPS) is 14.9. The molecule has 0 saturated carbocycles. The molecule has 0 fully saturated rings. The molecule has 0 spiro atoms. The third-order valence-electron chi connectivity index (χ3n) is 5.94. The van der Waals surface area contributed by atoms with E-state index >= 15 is 0 Å². The first-order valence-corrected chi connectivity index (χ1v) is 11.1. The van der Waals surface area contributed by atoms with E-state index in [2.05, 4.69) is 5.32 Å². The summed E-state index contributed by atoms with van der Waals surface area (Å²) in [6.07, 6.45) is 0. The number of carbonyl (C=O) groups is 1. The predicted octanol–water partition coefficient (Wildman–Crippen LogP) is 4.94. The second kappa shape index (κ2) is 8.94. The Morgan fingerprint density at radius 2 is 1.80 bits per heavy atom. The van der Waals surface area contributed by atoms with Crippen LogP contribution in [0.5, 0.6) is 5.75 Å². The highest BCUT2D eigenvalue weighted by molar-refractivity contribution is 6.03. The van der Waals surface area contributed by atoms with Crippen molar-refractivity contribution in [2.45, 2.75) is 13.0 Å². The zero-order valence-electron chi connectivity index (χ0n) is 19.1. The maximum Gasteiger partial charge on any atom is 0.338 e. The molecular weight excluding hydrogens is 448 g/mol. The molecule has 1 N–H and O–H groups in total. The molecule has 1 aromatic heterocycles. The molecule has 1 aliphatic rings. The topological polar surface area (TPSA) is 109 Å². The molecule has 3 aromatic carbocycles. The van der Waals surface area contributed by atoms with E-state index in [1.807, 2.05) is 41.0 Å². The lowest BCUT2D eigenvalue weighted by atomic mass is 9.91. The second-order valence-corrected chi connectivity index (χ2v) is 7.88. The molecule has 0 aliphatic carbocycles. The molecule has 0 bridgehead atoms. The summed E-state index contributed by atoms with van der Waals surface area (Å²) in [4.78, 5) is 29.8. The molecule has 2 heterocycles. The van der Waals surface area contributed by atoms with Gasteiger partial charge in [-0.3, -0.25) is 14.7 Å². The van der Waals surface area contributed by atoms with Gasteiger partial charge in [0, 0.05) is 6.07 Å². The van der Waals surface area contributed by atoms with Crippen LogP contribution in [0.25, 0.3) is 16.7 Å². The number of para-hydroxylation sites is 3. The van der Waals surface area contributed by atoms with Crippen molar-refractivity contribution in [3.63, 3.8) is 0 Å². The summed E-state index contributed by atoms with van der Waals surface area (Å²) in [5.41, 5.74) is 3.10. The quantitative estimate of drug-likeness (QED) is 0.241. The van der Waals surface area contributed by atoms with Crippen LogP contribution < -0.4 is 10.1 Å². The molecule has 0 amide bonds. The standard InChI is InChI=1S/C26H22N4O5/c1-3-35-25(31)22-23(16-12-14-17(34-2)15-13-16)28-26-27-19-9-5-7-11-21(19)29(26)24(22)18-8-4-6-10-20(18)30(32)33/h4-15,24H,3H2,1-2H3,(H,27,28). The number of aromatic nitrogens is 2. The number of carbonyl (C=O) groups excluding carboxylic acids is 1. The van der Waals surface area contributed by atoms with E-state index in [1.54, 1.807) is 44.4 Å². The van der Waals surface area contributed by atoms with Crippen molar-refractivity contribution in [2.75, 3.05) is 19.0 Å². The third kappa shape index (κ3) is 3.76. The first kappa shape index (κ1) is 22.1. The number of imidazole rings is 1. The van der Waals surface area contributed by atoms with E-state index in [1.165, 1.54) is 6.07 Å². The van der Waals surface area contributed by atoms with Gasteiger partial charge in [0.05, 0.1) is 46.5 Å². The number of nitro benzene ring substituents is 1. The largest absolute Gasteiger partial charge is 0.497 e. The molecule has 1 atom stereocenters. The third-order valence-corrected chi connectivity index (χ3v) is 5.94. The van der Waals surface area contributed by atoms with Crippen LogP contribution >= 0.6 is 0 Å². The molecule has 1 aliphatic heterocycles. The predicted molar refractivity (Wildman–Crippen MR) is 131 cm³/mol. The number of rotatable bonds is 6. The summed E-state index contributed by atoms with van der Waals surface area (Å²) in [6.45, 7) is 1.87. The average Bonchev–Trinajstić information content (AvgIpc) is 3.26. The number of ether oxygens (including phenoxy) is 2. The minimum atomic E-state index is -0.851. The van der Waals surface area contributed by atoms with E-state index in [-0.39, 0.29) is 17.9 Å². The zero-order valence-corrected chi connectivity index (χ0v) is 19.1. The lowest BCUT2D eigenvalue weighted by Crippen LogP contribution is -2.29. The number of hydrogen-bond donors (Lipinski definition) is 1. The summed E-state index contributed by atoms with van der Waals surface area (Å²) < 4.78 is 12.6. The van der Waals surface area contributed by atoms with Crippen LogP contribution in [-0.4, -0.2) is 34.2 Å². The number of hydrogen-bond acceptors (Lipinski definition) is 7. The monoisotopic (exact) mass is 470 g/mol. The van der Waals surface area contributed by atoms with Crippen molar-refractivity contribution in [1.82, 2.24) is 9.55 Å². The van der Waals surface area contributed by atoms with Crippen LogP contribution in [0.15, 0.2) is 78.4 Å². The Labute approximate surface area is 200 Å². The van der Waals surface area contributed by atoms with Gasteiger partial charge >= 0.3 is 5.97 Å².